The van der Waals surface area contributed by atoms with E-state index in [-0.39, 0.29) is 0 Å². The summed E-state index contributed by atoms with van der Waals surface area (Å²) in [7, 11) is -0.925. The maximum absolute atomic E-state index is 6.01. The molecule has 2 aromatic carbocycles. The first-order valence-corrected chi connectivity index (χ1v) is 8.48. The quantitative estimate of drug-likeness (QED) is 0.462. The van der Waals surface area contributed by atoms with Crippen molar-refractivity contribution in [3.05, 3.63) is 60.7 Å². The molecule has 0 saturated carbocycles. The van der Waals surface area contributed by atoms with E-state index in [4.69, 9.17) is 9.05 Å². The number of benzene rings is 2. The van der Waals surface area contributed by atoms with Gasteiger partial charge in [0.15, 0.2) is 0 Å². The highest BCUT2D eigenvalue weighted by atomic mass is 31.2. The largest absolute Gasteiger partial charge is 0.439 e. The molecule has 0 aliphatic heterocycles. The molecular weight excluding hydrogens is 267 g/mol. The number of hydrogen-bond donors (Lipinski definition) is 0. The molecular formula is C17H21O2P. The summed E-state index contributed by atoms with van der Waals surface area (Å²) in [6.07, 6.45) is 4.53. The summed E-state index contributed by atoms with van der Waals surface area (Å²) in [6, 6.07) is 19.8. The van der Waals surface area contributed by atoms with E-state index in [2.05, 4.69) is 6.92 Å². The molecule has 0 aliphatic rings. The number of para-hydroxylation sites is 2. The Morgan fingerprint density at radius 1 is 0.750 bits per heavy atom. The molecule has 20 heavy (non-hydrogen) atoms. The van der Waals surface area contributed by atoms with Gasteiger partial charge in [0.25, 0.3) is 8.38 Å². The fourth-order valence-electron chi connectivity index (χ4n) is 1.80. The lowest BCUT2D eigenvalue weighted by Crippen LogP contribution is -2.00. The molecule has 0 unspecified atom stereocenters. The maximum atomic E-state index is 6.01. The van der Waals surface area contributed by atoms with E-state index in [1.807, 2.05) is 60.7 Å². The van der Waals surface area contributed by atoms with Crippen molar-refractivity contribution in [2.45, 2.75) is 26.2 Å². The minimum atomic E-state index is -0.925. The predicted molar refractivity (Wildman–Crippen MR) is 85.5 cm³/mol. The van der Waals surface area contributed by atoms with Crippen LogP contribution in [0.1, 0.15) is 26.2 Å². The molecule has 0 radical (unpaired) electrons. The van der Waals surface area contributed by atoms with Crippen molar-refractivity contribution >= 4 is 8.38 Å². The second-order valence-electron chi connectivity index (χ2n) is 4.57. The standard InChI is InChI=1S/C17H21O2P/c1-2-3-10-15-20(18-16-11-6-4-7-12-16)19-17-13-8-5-9-14-17/h4-9,11-14H,2-3,10,15H2,1H3. The molecule has 0 aromatic heterocycles. The van der Waals surface area contributed by atoms with Crippen LogP contribution >= 0.6 is 8.38 Å². The lowest BCUT2D eigenvalue weighted by atomic mass is 10.3. The van der Waals surface area contributed by atoms with Crippen molar-refractivity contribution in [1.29, 1.82) is 0 Å². The monoisotopic (exact) mass is 288 g/mol. The van der Waals surface area contributed by atoms with Gasteiger partial charge in [0.2, 0.25) is 0 Å². The zero-order valence-corrected chi connectivity index (χ0v) is 12.8. The van der Waals surface area contributed by atoms with Crippen LogP contribution in [0.3, 0.4) is 0 Å². The third kappa shape index (κ3) is 5.22. The summed E-state index contributed by atoms with van der Waals surface area (Å²) in [4.78, 5) is 0. The Balaban J connectivity index is 1.96. The fraction of sp³-hybridized carbons (Fsp3) is 0.294. The molecule has 0 heterocycles. The zero-order valence-electron chi connectivity index (χ0n) is 11.9. The molecule has 0 fully saturated rings. The second-order valence-corrected chi connectivity index (χ2v) is 6.05. The van der Waals surface area contributed by atoms with Gasteiger partial charge in [0.1, 0.15) is 11.5 Å². The number of rotatable bonds is 8. The molecule has 0 spiro atoms. The van der Waals surface area contributed by atoms with Gasteiger partial charge in [0, 0.05) is 6.16 Å². The molecule has 2 rings (SSSR count). The Kier molecular flexibility index (Phi) is 6.40. The Bertz CT molecular complexity index is 431. The maximum Gasteiger partial charge on any atom is 0.290 e. The molecule has 3 heteroatoms. The molecule has 106 valence electrons. The van der Waals surface area contributed by atoms with E-state index >= 15 is 0 Å². The van der Waals surface area contributed by atoms with Crippen LogP contribution in [0.5, 0.6) is 11.5 Å². The minimum absolute atomic E-state index is 0.881. The fourth-order valence-corrected chi connectivity index (χ4v) is 3.21. The SMILES string of the molecule is CCCCCP(Oc1ccccc1)Oc1ccccc1. The molecule has 0 amide bonds. The topological polar surface area (TPSA) is 18.5 Å². The first kappa shape index (κ1) is 14.9. The smallest absolute Gasteiger partial charge is 0.290 e. The molecule has 0 saturated heterocycles. The highest BCUT2D eigenvalue weighted by Gasteiger charge is 2.14. The third-order valence-electron chi connectivity index (χ3n) is 2.85. The molecule has 0 N–H and O–H groups in total. The molecule has 0 atom stereocenters. The van der Waals surface area contributed by atoms with Crippen molar-refractivity contribution in [1.82, 2.24) is 0 Å². The van der Waals surface area contributed by atoms with Crippen LogP contribution in [-0.4, -0.2) is 6.16 Å². The van der Waals surface area contributed by atoms with Crippen molar-refractivity contribution < 1.29 is 9.05 Å². The van der Waals surface area contributed by atoms with Gasteiger partial charge >= 0.3 is 0 Å². The van der Waals surface area contributed by atoms with Gasteiger partial charge < -0.3 is 9.05 Å². The Morgan fingerprint density at radius 2 is 1.25 bits per heavy atom. The van der Waals surface area contributed by atoms with E-state index in [0.29, 0.717) is 0 Å². The van der Waals surface area contributed by atoms with E-state index < -0.39 is 8.38 Å². The van der Waals surface area contributed by atoms with E-state index in [9.17, 15) is 0 Å². The van der Waals surface area contributed by atoms with Gasteiger partial charge in [-0.15, -0.1) is 0 Å². The van der Waals surface area contributed by atoms with E-state index in [0.717, 1.165) is 24.1 Å². The van der Waals surface area contributed by atoms with Crippen molar-refractivity contribution in [3.8, 4) is 11.5 Å². The van der Waals surface area contributed by atoms with Crippen LogP contribution in [-0.2, 0) is 0 Å². The van der Waals surface area contributed by atoms with Gasteiger partial charge in [-0.05, 0) is 30.7 Å². The van der Waals surface area contributed by atoms with E-state index in [1.54, 1.807) is 0 Å². The highest BCUT2D eigenvalue weighted by molar-refractivity contribution is 7.48. The van der Waals surface area contributed by atoms with Crippen LogP contribution in [0.15, 0.2) is 60.7 Å². The van der Waals surface area contributed by atoms with Gasteiger partial charge in [-0.3, -0.25) is 0 Å². The first-order chi connectivity index (χ1) is 9.88. The van der Waals surface area contributed by atoms with Crippen LogP contribution in [0.4, 0.5) is 0 Å². The normalized spacial score (nSPS) is 10.5. The van der Waals surface area contributed by atoms with Crippen LogP contribution in [0.2, 0.25) is 0 Å². The molecule has 0 bridgehead atoms. The average Bonchev–Trinajstić information content (AvgIpc) is 2.49. The predicted octanol–water partition coefficient (Wildman–Crippen LogP) is 5.65. The van der Waals surface area contributed by atoms with Crippen molar-refractivity contribution in [2.24, 2.45) is 0 Å². The van der Waals surface area contributed by atoms with Gasteiger partial charge in [-0.1, -0.05) is 56.2 Å². The summed E-state index contributed by atoms with van der Waals surface area (Å²) in [5.74, 6) is 1.76. The molecule has 2 aromatic rings. The average molecular weight is 288 g/mol. The van der Waals surface area contributed by atoms with Gasteiger partial charge in [-0.2, -0.15) is 0 Å². The molecule has 0 aliphatic carbocycles. The Hall–Kier alpha value is -1.53. The van der Waals surface area contributed by atoms with Crippen LogP contribution < -0.4 is 9.05 Å². The zero-order chi connectivity index (χ0) is 14.0. The second kappa shape index (κ2) is 8.60. The van der Waals surface area contributed by atoms with Crippen molar-refractivity contribution in [2.75, 3.05) is 6.16 Å². The summed E-state index contributed by atoms with van der Waals surface area (Å²) in [5.41, 5.74) is 0. The van der Waals surface area contributed by atoms with Gasteiger partial charge in [-0.25, -0.2) is 0 Å². The summed E-state index contributed by atoms with van der Waals surface area (Å²) in [5, 5.41) is 0. The van der Waals surface area contributed by atoms with Crippen molar-refractivity contribution in [3.63, 3.8) is 0 Å². The summed E-state index contributed by atoms with van der Waals surface area (Å²) in [6.45, 7) is 2.21. The number of unbranched alkanes of at least 4 members (excludes halogenated alkanes) is 2. The third-order valence-corrected chi connectivity index (χ3v) is 4.36. The summed E-state index contributed by atoms with van der Waals surface area (Å²) < 4.78 is 12.0. The number of hydrogen-bond acceptors (Lipinski definition) is 2. The summed E-state index contributed by atoms with van der Waals surface area (Å²) >= 11 is 0. The molecule has 2 nitrogen and oxygen atoms in total. The Labute approximate surface area is 122 Å². The lowest BCUT2D eigenvalue weighted by Gasteiger charge is -2.18. The first-order valence-electron chi connectivity index (χ1n) is 7.12. The Morgan fingerprint density at radius 3 is 1.70 bits per heavy atom. The van der Waals surface area contributed by atoms with E-state index in [1.165, 1.54) is 12.8 Å². The lowest BCUT2D eigenvalue weighted by molar-refractivity contribution is 0.486. The van der Waals surface area contributed by atoms with Crippen LogP contribution in [0.25, 0.3) is 0 Å². The minimum Gasteiger partial charge on any atom is -0.439 e. The van der Waals surface area contributed by atoms with Gasteiger partial charge in [0.05, 0.1) is 0 Å². The highest BCUT2D eigenvalue weighted by Crippen LogP contribution is 2.41. The van der Waals surface area contributed by atoms with Crippen LogP contribution in [0, 0.1) is 0 Å².